The van der Waals surface area contributed by atoms with Crippen molar-refractivity contribution in [3.63, 3.8) is 0 Å². The van der Waals surface area contributed by atoms with Gasteiger partial charge in [0.2, 0.25) is 11.9 Å². The number of fused-ring (bicyclic) bond motifs is 1. The molecule has 3 aromatic rings. The highest BCUT2D eigenvalue weighted by molar-refractivity contribution is 7.99. The summed E-state index contributed by atoms with van der Waals surface area (Å²) in [7, 11) is 0. The van der Waals surface area contributed by atoms with Crippen molar-refractivity contribution in [2.75, 3.05) is 18.8 Å². The number of rotatable bonds is 4. The first-order valence-corrected chi connectivity index (χ1v) is 9.95. The summed E-state index contributed by atoms with van der Waals surface area (Å²) < 4.78 is 7.04. The summed E-state index contributed by atoms with van der Waals surface area (Å²) in [6, 6.07) is 7.10. The van der Waals surface area contributed by atoms with E-state index in [9.17, 15) is 9.59 Å². The van der Waals surface area contributed by atoms with Crippen LogP contribution in [0.4, 0.5) is 0 Å². The quantitative estimate of drug-likeness (QED) is 0.519. The van der Waals surface area contributed by atoms with E-state index in [4.69, 9.17) is 4.74 Å². The van der Waals surface area contributed by atoms with Gasteiger partial charge < -0.3 is 9.64 Å². The Labute approximate surface area is 165 Å². The Morgan fingerprint density at radius 1 is 1.29 bits per heavy atom. The van der Waals surface area contributed by atoms with Crippen LogP contribution in [-0.2, 0) is 9.53 Å². The zero-order valence-electron chi connectivity index (χ0n) is 15.5. The molecule has 28 heavy (non-hydrogen) atoms. The molecule has 0 radical (unpaired) electrons. The summed E-state index contributed by atoms with van der Waals surface area (Å²) in [6.45, 7) is 5.03. The van der Waals surface area contributed by atoms with E-state index in [-0.39, 0.29) is 35.4 Å². The summed E-state index contributed by atoms with van der Waals surface area (Å²) >= 11 is 1.21. The molecule has 2 aromatic heterocycles. The van der Waals surface area contributed by atoms with Crippen molar-refractivity contribution in [1.29, 1.82) is 0 Å². The van der Waals surface area contributed by atoms with Crippen molar-refractivity contribution < 1.29 is 9.53 Å². The van der Waals surface area contributed by atoms with Crippen LogP contribution in [0.2, 0.25) is 0 Å². The van der Waals surface area contributed by atoms with Crippen molar-refractivity contribution in [1.82, 2.24) is 29.6 Å². The summed E-state index contributed by atoms with van der Waals surface area (Å²) in [5.41, 5.74) is 0.317. The van der Waals surface area contributed by atoms with E-state index in [1.165, 1.54) is 22.7 Å². The van der Waals surface area contributed by atoms with Gasteiger partial charge in [-0.3, -0.25) is 9.59 Å². The average molecular weight is 400 g/mol. The van der Waals surface area contributed by atoms with Crippen LogP contribution < -0.4 is 5.56 Å². The number of carbonyl (C=O) groups excluding carboxylic acids is 1. The van der Waals surface area contributed by atoms with Crippen LogP contribution >= 0.6 is 11.8 Å². The zero-order chi connectivity index (χ0) is 19.7. The molecule has 1 aliphatic rings. The minimum Gasteiger partial charge on any atom is -0.372 e. The largest absolute Gasteiger partial charge is 0.372 e. The topological polar surface area (TPSA) is 106 Å². The standard InChI is InChI=1S/C18H20N6O3S/c1-11-7-23(8-12(2)27-11)15(25)9-28-18-21-14-6-4-3-5-13(14)16(26)24(18)17-19-10-20-22-17/h3-6,10-12H,7-9H2,1-2H3,(H,19,20,22)/t11-,12-/m1/s1. The predicted molar refractivity (Wildman–Crippen MR) is 105 cm³/mol. The Hall–Kier alpha value is -2.72. The van der Waals surface area contributed by atoms with E-state index in [2.05, 4.69) is 20.2 Å². The van der Waals surface area contributed by atoms with Gasteiger partial charge >= 0.3 is 0 Å². The molecule has 1 aliphatic heterocycles. The summed E-state index contributed by atoms with van der Waals surface area (Å²) in [5.74, 6) is 0.420. The number of nitrogens with zero attached hydrogens (tertiary/aromatic N) is 5. The van der Waals surface area contributed by atoms with Crippen LogP contribution in [0.5, 0.6) is 0 Å². The molecule has 2 atom stereocenters. The molecule has 1 saturated heterocycles. The molecule has 0 saturated carbocycles. The van der Waals surface area contributed by atoms with E-state index in [1.54, 1.807) is 23.1 Å². The highest BCUT2D eigenvalue weighted by Gasteiger charge is 2.26. The number of amides is 1. The molecule has 146 valence electrons. The van der Waals surface area contributed by atoms with Crippen molar-refractivity contribution in [3.8, 4) is 5.95 Å². The van der Waals surface area contributed by atoms with Crippen LogP contribution in [0.1, 0.15) is 13.8 Å². The van der Waals surface area contributed by atoms with Gasteiger partial charge in [-0.1, -0.05) is 23.9 Å². The third-order valence-corrected chi connectivity index (χ3v) is 5.38. The number of nitrogens with one attached hydrogen (secondary N) is 1. The lowest BCUT2D eigenvalue weighted by atomic mass is 10.2. The first kappa shape index (κ1) is 18.6. The second-order valence-corrected chi connectivity index (χ2v) is 7.65. The summed E-state index contributed by atoms with van der Waals surface area (Å²) in [6.07, 6.45) is 1.33. The molecule has 3 heterocycles. The second kappa shape index (κ2) is 7.72. The van der Waals surface area contributed by atoms with Gasteiger partial charge in [-0.15, -0.1) is 0 Å². The average Bonchev–Trinajstić information content (AvgIpc) is 3.19. The van der Waals surface area contributed by atoms with Gasteiger partial charge in [0.15, 0.2) is 5.16 Å². The maximum Gasteiger partial charge on any atom is 0.269 e. The highest BCUT2D eigenvalue weighted by atomic mass is 32.2. The molecule has 1 amide bonds. The minimum absolute atomic E-state index is 0.00358. The van der Waals surface area contributed by atoms with Crippen LogP contribution in [0.3, 0.4) is 0 Å². The Morgan fingerprint density at radius 2 is 2.04 bits per heavy atom. The Balaban J connectivity index is 1.64. The van der Waals surface area contributed by atoms with E-state index in [0.29, 0.717) is 29.1 Å². The van der Waals surface area contributed by atoms with Crippen molar-refractivity contribution in [3.05, 3.63) is 40.9 Å². The Bertz CT molecular complexity index is 1040. The zero-order valence-corrected chi connectivity index (χ0v) is 16.3. The third-order valence-electron chi connectivity index (χ3n) is 4.46. The molecule has 1 fully saturated rings. The molecule has 1 N–H and O–H groups in total. The van der Waals surface area contributed by atoms with Crippen molar-refractivity contribution >= 4 is 28.6 Å². The molecule has 1 aromatic carbocycles. The van der Waals surface area contributed by atoms with E-state index >= 15 is 0 Å². The molecule has 0 bridgehead atoms. The lowest BCUT2D eigenvalue weighted by Crippen LogP contribution is -2.48. The smallest absolute Gasteiger partial charge is 0.269 e. The molecule has 10 heteroatoms. The number of hydrogen-bond acceptors (Lipinski definition) is 7. The maximum atomic E-state index is 13.0. The Kier molecular flexibility index (Phi) is 5.14. The SMILES string of the molecule is C[C@@H]1CN(C(=O)CSc2nc3ccccc3c(=O)n2-c2ncn[nH]2)C[C@@H](C)O1. The van der Waals surface area contributed by atoms with Crippen molar-refractivity contribution in [2.45, 2.75) is 31.2 Å². The number of aromatic amines is 1. The van der Waals surface area contributed by atoms with Crippen molar-refractivity contribution in [2.24, 2.45) is 0 Å². The monoisotopic (exact) mass is 400 g/mol. The number of H-pyrrole nitrogens is 1. The van der Waals surface area contributed by atoms with E-state index in [0.717, 1.165) is 0 Å². The molecule has 0 unspecified atom stereocenters. The number of hydrogen-bond donors (Lipinski definition) is 1. The number of thioether (sulfide) groups is 1. The molecule has 9 nitrogen and oxygen atoms in total. The first-order valence-electron chi connectivity index (χ1n) is 8.96. The van der Waals surface area contributed by atoms with Gasteiger partial charge in [-0.2, -0.15) is 10.1 Å². The number of aromatic nitrogens is 5. The van der Waals surface area contributed by atoms with Crippen LogP contribution in [0.25, 0.3) is 16.9 Å². The number of carbonyl (C=O) groups is 1. The van der Waals surface area contributed by atoms with Gasteiger partial charge in [0, 0.05) is 13.1 Å². The molecular formula is C18H20N6O3S. The number of morpholine rings is 1. The molecular weight excluding hydrogens is 380 g/mol. The Morgan fingerprint density at radius 3 is 2.75 bits per heavy atom. The van der Waals surface area contributed by atoms with Crippen LogP contribution in [0.15, 0.2) is 40.5 Å². The van der Waals surface area contributed by atoms with Gasteiger partial charge in [0.05, 0.1) is 28.9 Å². The lowest BCUT2D eigenvalue weighted by Gasteiger charge is -2.35. The fraction of sp³-hybridized carbons (Fsp3) is 0.389. The van der Waals surface area contributed by atoms with Gasteiger partial charge in [-0.05, 0) is 26.0 Å². The van der Waals surface area contributed by atoms with E-state index in [1.807, 2.05) is 19.9 Å². The third kappa shape index (κ3) is 3.65. The summed E-state index contributed by atoms with van der Waals surface area (Å²) in [4.78, 5) is 36.2. The minimum atomic E-state index is -0.258. The molecule has 4 rings (SSSR count). The molecule has 0 aliphatic carbocycles. The lowest BCUT2D eigenvalue weighted by molar-refractivity contribution is -0.140. The fourth-order valence-corrected chi connectivity index (χ4v) is 4.20. The highest BCUT2D eigenvalue weighted by Crippen LogP contribution is 2.21. The van der Waals surface area contributed by atoms with E-state index < -0.39 is 0 Å². The second-order valence-electron chi connectivity index (χ2n) is 6.71. The summed E-state index contributed by atoms with van der Waals surface area (Å²) in [5, 5.41) is 7.39. The van der Waals surface area contributed by atoms with Crippen LogP contribution in [0, 0.1) is 0 Å². The number of benzene rings is 1. The molecule has 0 spiro atoms. The van der Waals surface area contributed by atoms with Gasteiger partial charge in [0.1, 0.15) is 6.33 Å². The van der Waals surface area contributed by atoms with Gasteiger partial charge in [-0.25, -0.2) is 14.6 Å². The fourth-order valence-electron chi connectivity index (χ4n) is 3.30. The normalized spacial score (nSPS) is 19.9. The maximum absolute atomic E-state index is 13.0. The predicted octanol–water partition coefficient (Wildman–Crippen LogP) is 1.23. The number of ether oxygens (including phenoxy) is 1. The van der Waals surface area contributed by atoms with Crippen LogP contribution in [-0.4, -0.2) is 66.6 Å². The number of para-hydroxylation sites is 1. The first-order chi connectivity index (χ1) is 13.5. The van der Waals surface area contributed by atoms with Gasteiger partial charge in [0.25, 0.3) is 5.56 Å².